The predicted octanol–water partition coefficient (Wildman–Crippen LogP) is 3.11. The molecule has 0 N–H and O–H groups in total. The molecule has 1 aromatic rings. The Bertz CT molecular complexity index is 505. The van der Waals surface area contributed by atoms with Crippen molar-refractivity contribution in [1.82, 2.24) is 0 Å². The summed E-state index contributed by atoms with van der Waals surface area (Å²) in [5, 5.41) is 0. The van der Waals surface area contributed by atoms with Gasteiger partial charge in [0.25, 0.3) is 0 Å². The molecule has 3 nitrogen and oxygen atoms in total. The van der Waals surface area contributed by atoms with E-state index >= 15 is 0 Å². The van der Waals surface area contributed by atoms with Crippen LogP contribution in [-0.2, 0) is 16.0 Å². The van der Waals surface area contributed by atoms with E-state index in [0.29, 0.717) is 0 Å². The lowest BCUT2D eigenvalue weighted by atomic mass is 9.86. The minimum absolute atomic E-state index is 0.109. The maximum Gasteiger partial charge on any atom is 0.230 e. The number of anilines is 1. The molecule has 0 aromatic heterocycles. The van der Waals surface area contributed by atoms with Crippen molar-refractivity contribution in [2.75, 3.05) is 4.90 Å². The molecule has 1 fully saturated rings. The molecule has 1 aromatic carbocycles. The molecule has 3 rings (SSSR count). The Morgan fingerprint density at radius 2 is 1.85 bits per heavy atom. The van der Waals surface area contributed by atoms with Crippen LogP contribution < -0.4 is 4.90 Å². The lowest BCUT2D eigenvalue weighted by Crippen LogP contribution is -2.47. The van der Waals surface area contributed by atoms with E-state index in [1.807, 2.05) is 18.2 Å². The zero-order valence-corrected chi connectivity index (χ0v) is 11.8. The van der Waals surface area contributed by atoms with Crippen molar-refractivity contribution in [3.8, 4) is 0 Å². The molecule has 1 amide bonds. The summed E-state index contributed by atoms with van der Waals surface area (Å²) in [6.45, 7) is 0. The molecule has 1 atom stereocenters. The quantitative estimate of drug-likeness (QED) is 0.775. The van der Waals surface area contributed by atoms with Gasteiger partial charge in [-0.05, 0) is 37.3 Å². The fourth-order valence-corrected chi connectivity index (χ4v) is 3.53. The highest BCUT2D eigenvalue weighted by atomic mass is 16.2. The van der Waals surface area contributed by atoms with Crippen molar-refractivity contribution in [3.63, 3.8) is 0 Å². The van der Waals surface area contributed by atoms with E-state index in [0.717, 1.165) is 50.5 Å². The van der Waals surface area contributed by atoms with Gasteiger partial charge < -0.3 is 9.69 Å². The van der Waals surface area contributed by atoms with Crippen molar-refractivity contribution < 1.29 is 9.59 Å². The number of para-hydroxylation sites is 1. The molecule has 3 heteroatoms. The van der Waals surface area contributed by atoms with E-state index in [4.69, 9.17) is 0 Å². The Morgan fingerprint density at radius 1 is 1.10 bits per heavy atom. The van der Waals surface area contributed by atoms with Gasteiger partial charge >= 0.3 is 0 Å². The number of fused-ring (bicyclic) bond motifs is 1. The van der Waals surface area contributed by atoms with Crippen LogP contribution in [0.15, 0.2) is 24.3 Å². The molecule has 1 unspecified atom stereocenters. The van der Waals surface area contributed by atoms with Gasteiger partial charge in [0.2, 0.25) is 5.91 Å². The van der Waals surface area contributed by atoms with Gasteiger partial charge in [0.15, 0.2) is 0 Å². The SMILES string of the molecule is O=CC1CCc2ccccc2N1C(=O)C1CCCCC1. The Balaban J connectivity index is 1.91. The van der Waals surface area contributed by atoms with Crippen LogP contribution in [0.4, 0.5) is 5.69 Å². The van der Waals surface area contributed by atoms with Crippen LogP contribution in [0.25, 0.3) is 0 Å². The van der Waals surface area contributed by atoms with Crippen molar-refractivity contribution in [2.24, 2.45) is 5.92 Å². The third kappa shape index (κ3) is 2.37. The number of amides is 1. The first-order valence-corrected chi connectivity index (χ1v) is 7.67. The standard InChI is InChI=1S/C17H21NO2/c19-12-15-11-10-13-6-4-5-9-16(13)18(15)17(20)14-7-2-1-3-8-14/h4-6,9,12,14-15H,1-3,7-8,10-11H2. The number of hydrogen-bond acceptors (Lipinski definition) is 2. The number of carbonyl (C=O) groups is 2. The maximum absolute atomic E-state index is 12.9. The van der Waals surface area contributed by atoms with Gasteiger partial charge in [-0.3, -0.25) is 4.79 Å². The Morgan fingerprint density at radius 3 is 2.60 bits per heavy atom. The molecule has 2 aliphatic rings. The van der Waals surface area contributed by atoms with Gasteiger partial charge in [-0.1, -0.05) is 37.5 Å². The molecule has 0 radical (unpaired) electrons. The van der Waals surface area contributed by atoms with E-state index in [1.165, 1.54) is 12.0 Å². The number of nitrogens with zero attached hydrogens (tertiary/aromatic N) is 1. The van der Waals surface area contributed by atoms with Gasteiger partial charge in [0.05, 0.1) is 6.04 Å². The van der Waals surface area contributed by atoms with Crippen LogP contribution >= 0.6 is 0 Å². The average molecular weight is 271 g/mol. The largest absolute Gasteiger partial charge is 0.302 e. The van der Waals surface area contributed by atoms with Crippen molar-refractivity contribution in [2.45, 2.75) is 51.0 Å². The lowest BCUT2D eigenvalue weighted by molar-refractivity contribution is -0.125. The van der Waals surface area contributed by atoms with E-state index in [9.17, 15) is 9.59 Å². The second-order valence-electron chi connectivity index (χ2n) is 5.91. The summed E-state index contributed by atoms with van der Waals surface area (Å²) < 4.78 is 0. The molecule has 20 heavy (non-hydrogen) atoms. The topological polar surface area (TPSA) is 37.4 Å². The molecule has 106 valence electrons. The van der Waals surface area contributed by atoms with E-state index < -0.39 is 0 Å². The molecule has 0 saturated heterocycles. The Labute approximate surface area is 120 Å². The van der Waals surface area contributed by atoms with Crippen LogP contribution in [0.2, 0.25) is 0 Å². The molecule has 1 aliphatic carbocycles. The highest BCUT2D eigenvalue weighted by molar-refractivity contribution is 5.99. The lowest BCUT2D eigenvalue weighted by Gasteiger charge is -2.37. The number of aryl methyl sites for hydroxylation is 1. The highest BCUT2D eigenvalue weighted by Gasteiger charge is 2.34. The Kier molecular flexibility index (Phi) is 3.86. The number of carbonyl (C=O) groups excluding carboxylic acids is 2. The zero-order valence-electron chi connectivity index (χ0n) is 11.8. The zero-order chi connectivity index (χ0) is 13.9. The second kappa shape index (κ2) is 5.78. The first kappa shape index (κ1) is 13.3. The molecule has 1 heterocycles. The third-order valence-electron chi connectivity index (χ3n) is 4.64. The minimum Gasteiger partial charge on any atom is -0.302 e. The van der Waals surface area contributed by atoms with Crippen LogP contribution in [0.5, 0.6) is 0 Å². The van der Waals surface area contributed by atoms with Gasteiger partial charge in [0, 0.05) is 11.6 Å². The van der Waals surface area contributed by atoms with Crippen molar-refractivity contribution >= 4 is 17.9 Å². The summed E-state index contributed by atoms with van der Waals surface area (Å²) in [4.78, 5) is 26.0. The molecule has 1 aliphatic heterocycles. The normalized spacial score (nSPS) is 23.2. The summed E-state index contributed by atoms with van der Waals surface area (Å²) >= 11 is 0. The van der Waals surface area contributed by atoms with Gasteiger partial charge in [0.1, 0.15) is 6.29 Å². The number of aldehydes is 1. The van der Waals surface area contributed by atoms with Gasteiger partial charge in [-0.25, -0.2) is 0 Å². The summed E-state index contributed by atoms with van der Waals surface area (Å²) in [5.41, 5.74) is 2.14. The second-order valence-corrected chi connectivity index (χ2v) is 5.91. The van der Waals surface area contributed by atoms with Crippen molar-refractivity contribution in [1.29, 1.82) is 0 Å². The third-order valence-corrected chi connectivity index (χ3v) is 4.64. The van der Waals surface area contributed by atoms with Crippen LogP contribution in [-0.4, -0.2) is 18.2 Å². The molecular weight excluding hydrogens is 250 g/mol. The molecule has 0 spiro atoms. The van der Waals surface area contributed by atoms with Crippen LogP contribution in [0.3, 0.4) is 0 Å². The highest BCUT2D eigenvalue weighted by Crippen LogP contribution is 2.34. The first-order valence-electron chi connectivity index (χ1n) is 7.67. The van der Waals surface area contributed by atoms with E-state index in [1.54, 1.807) is 4.90 Å². The molecule has 0 bridgehead atoms. The number of benzene rings is 1. The average Bonchev–Trinajstić information content (AvgIpc) is 2.54. The predicted molar refractivity (Wildman–Crippen MR) is 78.7 cm³/mol. The number of rotatable bonds is 2. The van der Waals surface area contributed by atoms with E-state index in [2.05, 4.69) is 6.07 Å². The van der Waals surface area contributed by atoms with E-state index in [-0.39, 0.29) is 17.9 Å². The maximum atomic E-state index is 12.9. The van der Waals surface area contributed by atoms with Crippen molar-refractivity contribution in [3.05, 3.63) is 29.8 Å². The number of hydrogen-bond donors (Lipinski definition) is 0. The molecular formula is C17H21NO2. The monoisotopic (exact) mass is 271 g/mol. The summed E-state index contributed by atoms with van der Waals surface area (Å²) in [7, 11) is 0. The first-order chi connectivity index (χ1) is 9.81. The Hall–Kier alpha value is -1.64. The smallest absolute Gasteiger partial charge is 0.230 e. The summed E-state index contributed by atoms with van der Waals surface area (Å²) in [5.74, 6) is 0.270. The summed E-state index contributed by atoms with van der Waals surface area (Å²) in [6.07, 6.45) is 8.03. The van der Waals surface area contributed by atoms with Crippen LogP contribution in [0, 0.1) is 5.92 Å². The minimum atomic E-state index is -0.278. The van der Waals surface area contributed by atoms with Crippen LogP contribution in [0.1, 0.15) is 44.1 Å². The fourth-order valence-electron chi connectivity index (χ4n) is 3.53. The fraction of sp³-hybridized carbons (Fsp3) is 0.529. The van der Waals surface area contributed by atoms with Gasteiger partial charge in [-0.15, -0.1) is 0 Å². The summed E-state index contributed by atoms with van der Waals surface area (Å²) in [6, 6.07) is 7.72. The van der Waals surface area contributed by atoms with Gasteiger partial charge in [-0.2, -0.15) is 0 Å². The molecule has 1 saturated carbocycles.